The highest BCUT2D eigenvalue weighted by Crippen LogP contribution is 2.34. The van der Waals surface area contributed by atoms with E-state index in [1.54, 1.807) is 0 Å². The molecule has 4 aromatic rings. The van der Waals surface area contributed by atoms with Crippen molar-refractivity contribution in [2.75, 3.05) is 0 Å². The fraction of sp³-hybridized carbons (Fsp3) is 0.312. The summed E-state index contributed by atoms with van der Waals surface area (Å²) in [6, 6.07) is 24.1. The summed E-state index contributed by atoms with van der Waals surface area (Å²) in [5.41, 5.74) is 11.3. The topological polar surface area (TPSA) is 25.8 Å². The molecule has 0 fully saturated rings. The van der Waals surface area contributed by atoms with Gasteiger partial charge in [0.05, 0.1) is 23.3 Å². The standard InChI is InChI=1S/C32H36N2/c1-21-9-10-22(2)27(19-21)28-20-33-29(23-11-15-25(16-12-23)31(3,4)5)30(34-28)24-13-17-26(18-14-24)32(6,7)8/h9-20H,1-8H3. The molecule has 4 rings (SSSR count). The van der Waals surface area contributed by atoms with Gasteiger partial charge in [0.2, 0.25) is 0 Å². The Morgan fingerprint density at radius 3 is 1.59 bits per heavy atom. The Hall–Kier alpha value is -3.26. The summed E-state index contributed by atoms with van der Waals surface area (Å²) in [6.07, 6.45) is 1.92. The molecule has 3 aromatic carbocycles. The van der Waals surface area contributed by atoms with Crippen LogP contribution in [0.25, 0.3) is 33.8 Å². The van der Waals surface area contributed by atoms with Crippen molar-refractivity contribution >= 4 is 0 Å². The van der Waals surface area contributed by atoms with E-state index in [1.807, 2.05) is 6.20 Å². The Morgan fingerprint density at radius 1 is 0.588 bits per heavy atom. The monoisotopic (exact) mass is 448 g/mol. The van der Waals surface area contributed by atoms with Crippen LogP contribution in [0, 0.1) is 13.8 Å². The second kappa shape index (κ2) is 8.83. The third kappa shape index (κ3) is 4.97. The third-order valence-electron chi connectivity index (χ3n) is 6.49. The molecule has 0 atom stereocenters. The average Bonchev–Trinajstić information content (AvgIpc) is 2.79. The zero-order chi connectivity index (χ0) is 24.7. The van der Waals surface area contributed by atoms with Gasteiger partial charge in [-0.2, -0.15) is 0 Å². The van der Waals surface area contributed by atoms with Crippen molar-refractivity contribution in [3.63, 3.8) is 0 Å². The Labute approximate surface area is 205 Å². The summed E-state index contributed by atoms with van der Waals surface area (Å²) in [5, 5.41) is 0. The molecule has 0 aliphatic carbocycles. The molecular weight excluding hydrogens is 412 g/mol. The van der Waals surface area contributed by atoms with Crippen LogP contribution in [0.4, 0.5) is 0 Å². The predicted octanol–water partition coefficient (Wildman–Crippen LogP) is 8.69. The van der Waals surface area contributed by atoms with E-state index in [0.29, 0.717) is 0 Å². The molecule has 2 heteroatoms. The first kappa shape index (κ1) is 23.9. The van der Waals surface area contributed by atoms with E-state index < -0.39 is 0 Å². The molecule has 174 valence electrons. The molecule has 1 heterocycles. The van der Waals surface area contributed by atoms with E-state index in [0.717, 1.165) is 33.8 Å². The lowest BCUT2D eigenvalue weighted by Gasteiger charge is -2.20. The fourth-order valence-corrected chi connectivity index (χ4v) is 4.20. The van der Waals surface area contributed by atoms with Crippen LogP contribution in [0.2, 0.25) is 0 Å². The van der Waals surface area contributed by atoms with E-state index in [9.17, 15) is 0 Å². The minimum atomic E-state index is 0.107. The van der Waals surface area contributed by atoms with Crippen molar-refractivity contribution in [2.45, 2.75) is 66.2 Å². The van der Waals surface area contributed by atoms with Crippen LogP contribution in [0.15, 0.2) is 72.9 Å². The zero-order valence-electron chi connectivity index (χ0n) is 21.8. The van der Waals surface area contributed by atoms with Crippen LogP contribution < -0.4 is 0 Å². The molecule has 0 saturated heterocycles. The maximum Gasteiger partial charge on any atom is 0.0972 e. The summed E-state index contributed by atoms with van der Waals surface area (Å²) >= 11 is 0. The fourth-order valence-electron chi connectivity index (χ4n) is 4.20. The molecule has 34 heavy (non-hydrogen) atoms. The molecule has 1 aromatic heterocycles. The maximum atomic E-state index is 5.19. The number of hydrogen-bond acceptors (Lipinski definition) is 2. The van der Waals surface area contributed by atoms with Crippen molar-refractivity contribution in [2.24, 2.45) is 0 Å². The number of rotatable bonds is 3. The van der Waals surface area contributed by atoms with E-state index in [2.05, 4.69) is 122 Å². The average molecular weight is 449 g/mol. The first-order chi connectivity index (χ1) is 15.9. The Bertz CT molecular complexity index is 1300. The van der Waals surface area contributed by atoms with Crippen molar-refractivity contribution in [3.8, 4) is 33.8 Å². The molecule has 0 N–H and O–H groups in total. The van der Waals surface area contributed by atoms with E-state index in [4.69, 9.17) is 9.97 Å². The quantitative estimate of drug-likeness (QED) is 0.313. The van der Waals surface area contributed by atoms with Gasteiger partial charge in [-0.05, 0) is 47.4 Å². The van der Waals surface area contributed by atoms with Gasteiger partial charge >= 0.3 is 0 Å². The van der Waals surface area contributed by atoms with Crippen molar-refractivity contribution in [3.05, 3.63) is 95.2 Å². The lowest BCUT2D eigenvalue weighted by atomic mass is 9.85. The largest absolute Gasteiger partial charge is 0.252 e. The van der Waals surface area contributed by atoms with Gasteiger partial charge < -0.3 is 0 Å². The van der Waals surface area contributed by atoms with Crippen LogP contribution in [0.1, 0.15) is 63.8 Å². The molecule has 0 bridgehead atoms. The van der Waals surface area contributed by atoms with Crippen LogP contribution in [0.3, 0.4) is 0 Å². The van der Waals surface area contributed by atoms with Crippen LogP contribution in [0.5, 0.6) is 0 Å². The van der Waals surface area contributed by atoms with Gasteiger partial charge in [0.15, 0.2) is 0 Å². The van der Waals surface area contributed by atoms with Crippen LogP contribution in [-0.4, -0.2) is 9.97 Å². The summed E-state index contributed by atoms with van der Waals surface area (Å²) in [6.45, 7) is 17.7. The third-order valence-corrected chi connectivity index (χ3v) is 6.49. The highest BCUT2D eigenvalue weighted by atomic mass is 14.8. The Kier molecular flexibility index (Phi) is 6.20. The van der Waals surface area contributed by atoms with Crippen LogP contribution in [-0.2, 0) is 10.8 Å². The summed E-state index contributed by atoms with van der Waals surface area (Å²) in [5.74, 6) is 0. The molecule has 0 unspecified atom stereocenters. The number of benzene rings is 3. The van der Waals surface area contributed by atoms with Gasteiger partial charge in [-0.15, -0.1) is 0 Å². The highest BCUT2D eigenvalue weighted by molar-refractivity contribution is 5.80. The summed E-state index contributed by atoms with van der Waals surface area (Å²) < 4.78 is 0. The molecule has 0 amide bonds. The number of aryl methyl sites for hydroxylation is 2. The first-order valence-electron chi connectivity index (χ1n) is 12.1. The molecule has 2 nitrogen and oxygen atoms in total. The van der Waals surface area contributed by atoms with E-state index in [-0.39, 0.29) is 10.8 Å². The van der Waals surface area contributed by atoms with Crippen LogP contribution >= 0.6 is 0 Å². The number of aromatic nitrogens is 2. The Morgan fingerprint density at radius 2 is 1.09 bits per heavy atom. The normalized spacial score (nSPS) is 12.1. The molecule has 0 radical (unpaired) electrons. The van der Waals surface area contributed by atoms with Gasteiger partial charge in [-0.1, -0.05) is 108 Å². The minimum Gasteiger partial charge on any atom is -0.252 e. The van der Waals surface area contributed by atoms with Crippen molar-refractivity contribution in [1.29, 1.82) is 0 Å². The zero-order valence-corrected chi connectivity index (χ0v) is 21.8. The second-order valence-electron chi connectivity index (χ2n) is 11.4. The second-order valence-corrected chi connectivity index (χ2v) is 11.4. The first-order valence-corrected chi connectivity index (χ1v) is 12.1. The van der Waals surface area contributed by atoms with Gasteiger partial charge in [0, 0.05) is 16.7 Å². The van der Waals surface area contributed by atoms with Gasteiger partial charge in [0.25, 0.3) is 0 Å². The molecule has 0 saturated carbocycles. The lowest BCUT2D eigenvalue weighted by Crippen LogP contribution is -2.10. The minimum absolute atomic E-state index is 0.107. The number of nitrogens with zero attached hydrogens (tertiary/aromatic N) is 2. The van der Waals surface area contributed by atoms with E-state index in [1.165, 1.54) is 22.3 Å². The molecular formula is C32H36N2. The summed E-state index contributed by atoms with van der Waals surface area (Å²) in [7, 11) is 0. The Balaban J connectivity index is 1.88. The SMILES string of the molecule is Cc1ccc(C)c(-c2cnc(-c3ccc(C(C)(C)C)cc3)c(-c3ccc(C(C)(C)C)cc3)n2)c1. The van der Waals surface area contributed by atoms with Gasteiger partial charge in [0.1, 0.15) is 0 Å². The number of hydrogen-bond donors (Lipinski definition) is 0. The van der Waals surface area contributed by atoms with Gasteiger partial charge in [-0.3, -0.25) is 4.98 Å². The van der Waals surface area contributed by atoms with Gasteiger partial charge in [-0.25, -0.2) is 4.98 Å². The molecule has 0 aliphatic heterocycles. The van der Waals surface area contributed by atoms with Crippen molar-refractivity contribution < 1.29 is 0 Å². The molecule has 0 aliphatic rings. The van der Waals surface area contributed by atoms with E-state index >= 15 is 0 Å². The highest BCUT2D eigenvalue weighted by Gasteiger charge is 2.18. The lowest BCUT2D eigenvalue weighted by molar-refractivity contribution is 0.590. The summed E-state index contributed by atoms with van der Waals surface area (Å²) in [4.78, 5) is 10.2. The molecule has 0 spiro atoms. The smallest absolute Gasteiger partial charge is 0.0972 e. The van der Waals surface area contributed by atoms with Crippen molar-refractivity contribution in [1.82, 2.24) is 9.97 Å². The maximum absolute atomic E-state index is 5.19. The predicted molar refractivity (Wildman–Crippen MR) is 145 cm³/mol.